The fourth-order valence-electron chi connectivity index (χ4n) is 1.14. The minimum atomic E-state index is -0.528. The molecule has 0 aromatic carbocycles. The number of hydrogen-bond acceptors (Lipinski definition) is 4. The molecule has 1 aromatic heterocycles. The number of nitro groups is 1. The van der Waals surface area contributed by atoms with Crippen molar-refractivity contribution >= 4 is 11.5 Å². The number of carbonyl (C=O) groups is 1. The normalized spacial score (nSPS) is 11.1. The van der Waals surface area contributed by atoms with Crippen LogP contribution in [-0.2, 0) is 0 Å². The quantitative estimate of drug-likeness (QED) is 0.467. The van der Waals surface area contributed by atoms with Crippen LogP contribution in [0.15, 0.2) is 12.3 Å². The van der Waals surface area contributed by atoms with Gasteiger partial charge < -0.3 is 4.98 Å². The van der Waals surface area contributed by atoms with Crippen LogP contribution in [0.1, 0.15) is 24.3 Å². The molecular weight excluding hydrogens is 210 g/mol. The van der Waals surface area contributed by atoms with Gasteiger partial charge in [0.2, 0.25) is 0 Å². The highest BCUT2D eigenvalue weighted by Gasteiger charge is 2.16. The van der Waals surface area contributed by atoms with Crippen molar-refractivity contribution in [2.75, 3.05) is 13.6 Å². The van der Waals surface area contributed by atoms with Crippen LogP contribution < -0.4 is 0 Å². The van der Waals surface area contributed by atoms with Gasteiger partial charge in [0.05, 0.1) is 23.4 Å². The van der Waals surface area contributed by atoms with Crippen LogP contribution >= 0.6 is 0 Å². The van der Waals surface area contributed by atoms with Gasteiger partial charge in [0.1, 0.15) is 0 Å². The van der Waals surface area contributed by atoms with Crippen molar-refractivity contribution in [3.05, 3.63) is 28.1 Å². The molecule has 0 fully saturated rings. The number of aromatic amines is 1. The Kier molecular flexibility index (Phi) is 3.78. The highest BCUT2D eigenvalue weighted by molar-refractivity contribution is 5.96. The Hall–Kier alpha value is -1.69. The van der Waals surface area contributed by atoms with E-state index in [1.807, 2.05) is 25.8 Å². The lowest BCUT2D eigenvalue weighted by atomic mass is 10.2. The number of rotatable bonds is 5. The summed E-state index contributed by atoms with van der Waals surface area (Å²) >= 11 is 0. The van der Waals surface area contributed by atoms with Crippen molar-refractivity contribution in [2.24, 2.45) is 0 Å². The van der Waals surface area contributed by atoms with Crippen LogP contribution in [0.2, 0.25) is 0 Å². The fourth-order valence-corrected chi connectivity index (χ4v) is 1.14. The number of Topliss-reactive ketones (excluding diaryl/α,β-unsaturated/α-hetero) is 1. The molecule has 1 rings (SSSR count). The van der Waals surface area contributed by atoms with Crippen molar-refractivity contribution in [1.29, 1.82) is 0 Å². The summed E-state index contributed by atoms with van der Waals surface area (Å²) in [6, 6.07) is 1.52. The van der Waals surface area contributed by atoms with Gasteiger partial charge in [0.15, 0.2) is 5.78 Å². The number of nitrogens with one attached hydrogen (secondary N) is 1. The summed E-state index contributed by atoms with van der Waals surface area (Å²) in [7, 11) is 1.83. The van der Waals surface area contributed by atoms with Crippen LogP contribution in [0.25, 0.3) is 0 Å². The van der Waals surface area contributed by atoms with E-state index < -0.39 is 4.92 Å². The molecule has 0 aliphatic rings. The van der Waals surface area contributed by atoms with Crippen molar-refractivity contribution in [1.82, 2.24) is 9.88 Å². The molecule has 0 atom stereocenters. The van der Waals surface area contributed by atoms with E-state index in [1.54, 1.807) is 0 Å². The smallest absolute Gasteiger partial charge is 0.287 e. The largest absolute Gasteiger partial charge is 0.353 e. The summed E-state index contributed by atoms with van der Waals surface area (Å²) < 4.78 is 0. The molecule has 16 heavy (non-hydrogen) atoms. The van der Waals surface area contributed by atoms with Gasteiger partial charge in [-0.05, 0) is 20.9 Å². The standard InChI is InChI=1S/C10H15N3O3/c1-7(2)12(3)6-10(14)9-4-8(5-11-9)13(15)16/h4-5,7,11H,6H2,1-3H3. The molecule has 0 bridgehead atoms. The number of hydrogen-bond donors (Lipinski definition) is 1. The summed E-state index contributed by atoms with van der Waals surface area (Å²) in [5.41, 5.74) is 0.190. The molecule has 0 aliphatic heterocycles. The van der Waals surface area contributed by atoms with E-state index in [2.05, 4.69) is 4.98 Å². The highest BCUT2D eigenvalue weighted by atomic mass is 16.6. The second-order valence-corrected chi connectivity index (χ2v) is 3.96. The van der Waals surface area contributed by atoms with E-state index >= 15 is 0 Å². The minimum Gasteiger partial charge on any atom is -0.353 e. The van der Waals surface area contributed by atoms with Gasteiger partial charge in [-0.1, -0.05) is 0 Å². The zero-order chi connectivity index (χ0) is 12.3. The molecule has 0 aliphatic carbocycles. The molecule has 0 radical (unpaired) electrons. The molecule has 0 spiro atoms. The third-order valence-corrected chi connectivity index (χ3v) is 2.45. The topological polar surface area (TPSA) is 79.2 Å². The molecule has 0 amide bonds. The van der Waals surface area contributed by atoms with Gasteiger partial charge in [-0.2, -0.15) is 0 Å². The van der Waals surface area contributed by atoms with Crippen LogP contribution in [0, 0.1) is 10.1 Å². The first kappa shape index (κ1) is 12.4. The average Bonchev–Trinajstić information content (AvgIpc) is 2.65. The van der Waals surface area contributed by atoms with Gasteiger partial charge in [-0.25, -0.2) is 0 Å². The zero-order valence-electron chi connectivity index (χ0n) is 9.56. The number of ketones is 1. The van der Waals surface area contributed by atoms with Gasteiger partial charge in [0.25, 0.3) is 5.69 Å². The number of nitrogens with zero attached hydrogens (tertiary/aromatic N) is 2. The lowest BCUT2D eigenvalue weighted by molar-refractivity contribution is -0.384. The Bertz CT molecular complexity index is 398. The average molecular weight is 225 g/mol. The summed E-state index contributed by atoms with van der Waals surface area (Å²) in [6.07, 6.45) is 1.22. The molecule has 6 nitrogen and oxygen atoms in total. The molecule has 88 valence electrons. The molecular formula is C10H15N3O3. The van der Waals surface area contributed by atoms with Crippen LogP contribution in [0.3, 0.4) is 0 Å². The SMILES string of the molecule is CC(C)N(C)CC(=O)c1cc([N+](=O)[O-])c[nH]1. The first-order chi connectivity index (χ1) is 7.41. The van der Waals surface area contributed by atoms with Gasteiger partial charge in [-0.15, -0.1) is 0 Å². The van der Waals surface area contributed by atoms with E-state index in [1.165, 1.54) is 12.3 Å². The van der Waals surface area contributed by atoms with Crippen LogP contribution in [-0.4, -0.2) is 40.2 Å². The first-order valence-corrected chi connectivity index (χ1v) is 4.98. The summed E-state index contributed by atoms with van der Waals surface area (Å²) in [5, 5.41) is 10.4. The van der Waals surface area contributed by atoms with E-state index in [0.29, 0.717) is 0 Å². The molecule has 0 unspecified atom stereocenters. The summed E-state index contributed by atoms with van der Waals surface area (Å²) in [5.74, 6) is -0.149. The molecule has 0 saturated heterocycles. The Labute approximate surface area is 93.4 Å². The zero-order valence-corrected chi connectivity index (χ0v) is 9.56. The lowest BCUT2D eigenvalue weighted by Crippen LogP contribution is -2.32. The van der Waals surface area contributed by atoms with Gasteiger partial charge in [0, 0.05) is 12.1 Å². The third-order valence-electron chi connectivity index (χ3n) is 2.45. The molecule has 1 N–H and O–H groups in total. The highest BCUT2D eigenvalue weighted by Crippen LogP contribution is 2.12. The summed E-state index contributed by atoms with van der Waals surface area (Å²) in [6.45, 7) is 4.20. The van der Waals surface area contributed by atoms with Gasteiger partial charge in [-0.3, -0.25) is 19.8 Å². The van der Waals surface area contributed by atoms with Gasteiger partial charge >= 0.3 is 0 Å². The molecule has 1 heterocycles. The Morgan fingerprint density at radius 3 is 2.69 bits per heavy atom. The lowest BCUT2D eigenvalue weighted by Gasteiger charge is -2.19. The maximum absolute atomic E-state index is 11.7. The molecule has 1 aromatic rings. The predicted molar refractivity (Wildman–Crippen MR) is 59.5 cm³/mol. The van der Waals surface area contributed by atoms with Crippen LogP contribution in [0.4, 0.5) is 5.69 Å². The Balaban J connectivity index is 2.70. The van der Waals surface area contributed by atoms with E-state index in [-0.39, 0.29) is 29.8 Å². The van der Waals surface area contributed by atoms with E-state index in [9.17, 15) is 14.9 Å². The predicted octanol–water partition coefficient (Wildman–Crippen LogP) is 1.45. The van der Waals surface area contributed by atoms with E-state index in [0.717, 1.165) is 0 Å². The maximum atomic E-state index is 11.7. The molecule has 6 heteroatoms. The number of aromatic nitrogens is 1. The third kappa shape index (κ3) is 2.90. The van der Waals surface area contributed by atoms with Crippen molar-refractivity contribution < 1.29 is 9.72 Å². The molecule has 0 saturated carbocycles. The second-order valence-electron chi connectivity index (χ2n) is 3.96. The Morgan fingerprint density at radius 1 is 1.62 bits per heavy atom. The minimum absolute atomic E-state index is 0.0875. The first-order valence-electron chi connectivity index (χ1n) is 4.98. The van der Waals surface area contributed by atoms with Crippen molar-refractivity contribution in [2.45, 2.75) is 19.9 Å². The maximum Gasteiger partial charge on any atom is 0.287 e. The number of carbonyl (C=O) groups excluding carboxylic acids is 1. The Morgan fingerprint density at radius 2 is 2.25 bits per heavy atom. The number of H-pyrrole nitrogens is 1. The monoisotopic (exact) mass is 225 g/mol. The van der Waals surface area contributed by atoms with Crippen LogP contribution in [0.5, 0.6) is 0 Å². The number of likely N-dealkylation sites (N-methyl/N-ethyl adjacent to an activating group) is 1. The second kappa shape index (κ2) is 4.89. The van der Waals surface area contributed by atoms with Crippen molar-refractivity contribution in [3.63, 3.8) is 0 Å². The summed E-state index contributed by atoms with van der Waals surface area (Å²) in [4.78, 5) is 26.1. The fraction of sp³-hybridized carbons (Fsp3) is 0.500. The van der Waals surface area contributed by atoms with Crippen molar-refractivity contribution in [3.8, 4) is 0 Å². The van der Waals surface area contributed by atoms with E-state index in [4.69, 9.17) is 0 Å².